The highest BCUT2D eigenvalue weighted by Gasteiger charge is 2.31. The summed E-state index contributed by atoms with van der Waals surface area (Å²) in [4.78, 5) is 0. The molecule has 14 aromatic carbocycles. The zero-order chi connectivity index (χ0) is 58.7. The summed E-state index contributed by atoms with van der Waals surface area (Å²) in [7, 11) is 0. The largest absolute Gasteiger partial charge is 0.308 e. The highest BCUT2D eigenvalue weighted by Crippen LogP contribution is 2.53. The smallest absolute Gasteiger partial charge is 0.0663 e. The maximum atomic E-state index is 2.54. The van der Waals surface area contributed by atoms with Crippen LogP contribution in [0.5, 0.6) is 0 Å². The fourth-order valence-electron chi connectivity index (χ4n) is 15.8. The third-order valence-corrected chi connectivity index (χ3v) is 19.3. The number of hydrogen-bond donors (Lipinski definition) is 0. The monoisotopic (exact) mass is 1140 g/mol. The summed E-state index contributed by atoms with van der Waals surface area (Å²) in [5, 5.41) is 14.7. The van der Waals surface area contributed by atoms with E-state index in [9.17, 15) is 0 Å². The van der Waals surface area contributed by atoms with Gasteiger partial charge in [-0.25, -0.2) is 0 Å². The van der Waals surface area contributed by atoms with E-state index in [1.165, 1.54) is 120 Å². The maximum Gasteiger partial charge on any atom is 0.0663 e. The van der Waals surface area contributed by atoms with Gasteiger partial charge >= 0.3 is 0 Å². The van der Waals surface area contributed by atoms with E-state index < -0.39 is 0 Å². The van der Waals surface area contributed by atoms with Crippen LogP contribution in [0.4, 0.5) is 0 Å². The van der Waals surface area contributed by atoms with Gasteiger partial charge in [0.25, 0.3) is 0 Å². The molecule has 0 N–H and O–H groups in total. The summed E-state index contributed by atoms with van der Waals surface area (Å²) in [5.74, 6) is 0. The number of rotatable bonds is 7. The number of hydrogen-bond acceptors (Lipinski definition) is 0. The molecule has 0 atom stereocenters. The van der Waals surface area contributed by atoms with Crippen LogP contribution in [0.3, 0.4) is 0 Å². The molecule has 0 aliphatic carbocycles. The normalized spacial score (nSPS) is 12.2. The molecule has 20 aromatic rings. The molecule has 20 rings (SSSR count). The molecule has 0 spiro atoms. The van der Waals surface area contributed by atoms with E-state index in [2.05, 4.69) is 343 Å². The number of benzene rings is 14. The molecule has 0 radical (unpaired) electrons. The van der Waals surface area contributed by atoms with E-state index in [0.717, 1.165) is 56.3 Å². The second kappa shape index (κ2) is 18.7. The second-order valence-corrected chi connectivity index (χ2v) is 23.9. The van der Waals surface area contributed by atoms with Crippen molar-refractivity contribution in [1.29, 1.82) is 0 Å². The fraction of sp³-hybridized carbons (Fsp3) is 0. The van der Waals surface area contributed by atoms with E-state index in [-0.39, 0.29) is 0 Å². The summed E-state index contributed by atoms with van der Waals surface area (Å²) in [6.07, 6.45) is 0. The minimum atomic E-state index is 1.10. The summed E-state index contributed by atoms with van der Waals surface area (Å²) in [5.41, 5.74) is 23.2. The van der Waals surface area contributed by atoms with Gasteiger partial charge in [0.2, 0.25) is 0 Å². The number of nitrogens with zero attached hydrogens (tertiary/aromatic N) is 6. The van der Waals surface area contributed by atoms with Gasteiger partial charge in [0, 0.05) is 98.8 Å². The Kier molecular flexibility index (Phi) is 10.2. The highest BCUT2D eigenvalue weighted by molar-refractivity contribution is 6.42. The highest BCUT2D eigenvalue weighted by atomic mass is 15.1. The predicted molar refractivity (Wildman–Crippen MR) is 378 cm³/mol. The number of fused-ring (bicyclic) bond motifs is 24. The molecule has 0 amide bonds. The molecular weight excluding hydrogens is 1090 g/mol. The van der Waals surface area contributed by atoms with Crippen LogP contribution < -0.4 is 0 Å². The van der Waals surface area contributed by atoms with Crippen LogP contribution in [0, 0.1) is 0 Å². The Labute approximate surface area is 516 Å². The molecule has 0 aliphatic heterocycles. The van der Waals surface area contributed by atoms with Gasteiger partial charge in [0.1, 0.15) is 0 Å². The van der Waals surface area contributed by atoms with E-state index in [4.69, 9.17) is 0 Å². The van der Waals surface area contributed by atoms with Gasteiger partial charge in [-0.15, -0.1) is 0 Å². The van der Waals surface area contributed by atoms with Crippen molar-refractivity contribution in [2.24, 2.45) is 0 Å². The molecule has 0 fully saturated rings. The zero-order valence-corrected chi connectivity index (χ0v) is 48.7. The van der Waals surface area contributed by atoms with Crippen molar-refractivity contribution in [3.05, 3.63) is 315 Å². The average Bonchev–Trinajstić information content (AvgIpc) is 1.52. The van der Waals surface area contributed by atoms with E-state index in [0.29, 0.717) is 0 Å². The van der Waals surface area contributed by atoms with Crippen molar-refractivity contribution in [3.63, 3.8) is 0 Å². The third-order valence-electron chi connectivity index (χ3n) is 19.3. The quantitative estimate of drug-likeness (QED) is 0.152. The van der Waals surface area contributed by atoms with E-state index >= 15 is 0 Å². The van der Waals surface area contributed by atoms with Gasteiger partial charge < -0.3 is 27.4 Å². The molecule has 0 aliphatic rings. The first-order valence-electron chi connectivity index (χ1n) is 31.0. The van der Waals surface area contributed by atoms with Crippen molar-refractivity contribution >= 4 is 131 Å². The maximum absolute atomic E-state index is 2.54. The van der Waals surface area contributed by atoms with E-state index in [1.807, 2.05) is 0 Å². The molecule has 90 heavy (non-hydrogen) atoms. The SMILES string of the molecule is c1ccc(-n2c3ccccc3c3c2c2c4ccccc4n(-c4ccc(-c5ccc(-n6c7ccccc7c7c8c(c9ccccc9n8-c8ccccc8)c8c(c9ccccc9n8-c8ccccc8)c76)cc5)cc4)c2c2c4ccccc4n(-c4ccccc4)c32)cc1. The first-order chi connectivity index (χ1) is 44.8. The van der Waals surface area contributed by atoms with Crippen LogP contribution in [0.2, 0.25) is 0 Å². The molecule has 418 valence electrons. The summed E-state index contributed by atoms with van der Waals surface area (Å²) >= 11 is 0. The van der Waals surface area contributed by atoms with Crippen molar-refractivity contribution in [2.45, 2.75) is 0 Å². The van der Waals surface area contributed by atoms with Crippen molar-refractivity contribution < 1.29 is 0 Å². The van der Waals surface area contributed by atoms with Crippen LogP contribution in [0.1, 0.15) is 0 Å². The van der Waals surface area contributed by atoms with Crippen LogP contribution in [-0.4, -0.2) is 27.4 Å². The van der Waals surface area contributed by atoms with E-state index in [1.54, 1.807) is 0 Å². The van der Waals surface area contributed by atoms with Gasteiger partial charge in [0.05, 0.1) is 66.2 Å². The molecule has 0 bridgehead atoms. The average molecular weight is 1150 g/mol. The molecule has 0 unspecified atom stereocenters. The minimum Gasteiger partial charge on any atom is -0.308 e. The zero-order valence-electron chi connectivity index (χ0n) is 48.7. The Hall–Kier alpha value is -12.1. The Bertz CT molecular complexity index is 5800. The number of aromatic nitrogens is 6. The Morgan fingerprint density at radius 3 is 0.478 bits per heavy atom. The van der Waals surface area contributed by atoms with Gasteiger partial charge in [0.15, 0.2) is 0 Å². The fourth-order valence-corrected chi connectivity index (χ4v) is 15.8. The lowest BCUT2D eigenvalue weighted by molar-refractivity contribution is 1.17. The van der Waals surface area contributed by atoms with Gasteiger partial charge in [-0.3, -0.25) is 0 Å². The van der Waals surface area contributed by atoms with Crippen molar-refractivity contribution in [3.8, 4) is 45.3 Å². The van der Waals surface area contributed by atoms with Crippen molar-refractivity contribution in [1.82, 2.24) is 27.4 Å². The molecule has 6 aromatic heterocycles. The summed E-state index contributed by atoms with van der Waals surface area (Å²) in [6.45, 7) is 0. The summed E-state index contributed by atoms with van der Waals surface area (Å²) in [6, 6.07) is 116. The first-order valence-corrected chi connectivity index (χ1v) is 31.0. The standard InChI is InChI=1S/C84H52N6/c1-5-25-55(26-6-1)85-67-39-19-13-33-61(67)73-79-75(63-35-15-21-41-69(63)87(79)57-29-9-3-10-30-57)83-77(81(73)85)65-37-17-23-43-71(65)89(83)59-49-45-53(46-50-59)54-47-51-60(52-48-54)90-72-44-24-18-38-66(72)78-82-74(62-34-14-20-40-68(62)86(82)56-27-7-2-8-28-56)80-76(84(78)90)64-36-16-22-42-70(64)88(80)58-31-11-4-12-32-58/h1-52H. The molecule has 0 saturated heterocycles. The Morgan fingerprint density at radius 2 is 0.289 bits per heavy atom. The summed E-state index contributed by atoms with van der Waals surface area (Å²) < 4.78 is 15.1. The second-order valence-electron chi connectivity index (χ2n) is 23.9. The minimum absolute atomic E-state index is 1.10. The Morgan fingerprint density at radius 1 is 0.133 bits per heavy atom. The van der Waals surface area contributed by atoms with Crippen LogP contribution in [-0.2, 0) is 0 Å². The van der Waals surface area contributed by atoms with Crippen LogP contribution in [0.15, 0.2) is 315 Å². The third kappa shape index (κ3) is 6.60. The van der Waals surface area contributed by atoms with Crippen LogP contribution >= 0.6 is 0 Å². The first kappa shape index (κ1) is 49.0. The van der Waals surface area contributed by atoms with Gasteiger partial charge in [-0.05, 0) is 120 Å². The molecule has 6 heterocycles. The van der Waals surface area contributed by atoms with Crippen molar-refractivity contribution in [2.75, 3.05) is 0 Å². The van der Waals surface area contributed by atoms with Gasteiger partial charge in [-0.2, -0.15) is 0 Å². The number of para-hydroxylation sites is 10. The predicted octanol–water partition coefficient (Wildman–Crippen LogP) is 21.9. The lowest BCUT2D eigenvalue weighted by Gasteiger charge is -2.14. The Balaban J connectivity index is 0.825. The topological polar surface area (TPSA) is 29.6 Å². The molecule has 0 saturated carbocycles. The molecule has 6 nitrogen and oxygen atoms in total. The molecule has 6 heteroatoms. The lowest BCUT2D eigenvalue weighted by Crippen LogP contribution is -1.98. The molecular formula is C84H52N6. The van der Waals surface area contributed by atoms with Gasteiger partial charge in [-0.1, -0.05) is 206 Å². The lowest BCUT2D eigenvalue weighted by atomic mass is 10.0. The van der Waals surface area contributed by atoms with Crippen LogP contribution in [0.25, 0.3) is 176 Å².